The zero-order valence-electron chi connectivity index (χ0n) is 28.7. The lowest BCUT2D eigenvalue weighted by Gasteiger charge is -2.36. The molecule has 1 saturated carbocycles. The van der Waals surface area contributed by atoms with Gasteiger partial charge in [0.1, 0.15) is 5.69 Å². The quantitative estimate of drug-likeness (QED) is 0.156. The number of carbonyl (C=O) groups excluding carboxylic acids is 1. The number of imidazole rings is 1. The zero-order valence-corrected chi connectivity index (χ0v) is 29.5. The van der Waals surface area contributed by atoms with Crippen molar-refractivity contribution < 1.29 is 30.9 Å². The Morgan fingerprint density at radius 2 is 1.67 bits per heavy atom. The maximum Gasteiger partial charge on any atom is 0.416 e. The van der Waals surface area contributed by atoms with Crippen molar-refractivity contribution in [3.8, 4) is 28.8 Å². The van der Waals surface area contributed by atoms with Crippen LogP contribution < -0.4 is 17.2 Å². The number of amides is 1. The Bertz CT molecular complexity index is 2400. The third kappa shape index (κ3) is 6.90. The summed E-state index contributed by atoms with van der Waals surface area (Å²) in [6.45, 7) is 6.85. The van der Waals surface area contributed by atoms with E-state index in [2.05, 4.69) is 10.4 Å². The molecule has 2 aromatic heterocycles. The summed E-state index contributed by atoms with van der Waals surface area (Å²) in [6, 6.07) is 14.7. The van der Waals surface area contributed by atoms with Crippen LogP contribution in [0.1, 0.15) is 51.9 Å². The van der Waals surface area contributed by atoms with E-state index >= 15 is 0 Å². The largest absolute Gasteiger partial charge is 0.416 e. The lowest BCUT2D eigenvalue weighted by Crippen LogP contribution is -2.48. The maximum absolute atomic E-state index is 14.1. The molecule has 5 aromatic rings. The second-order valence-electron chi connectivity index (χ2n) is 12.8. The number of benzene rings is 3. The zero-order chi connectivity index (χ0) is 37.0. The fourth-order valence-corrected chi connectivity index (χ4v) is 7.55. The Morgan fingerprint density at radius 3 is 2.29 bits per heavy atom. The molecule has 0 bridgehead atoms. The molecule has 3 aromatic carbocycles. The molecule has 0 radical (unpaired) electrons. The van der Waals surface area contributed by atoms with Crippen molar-refractivity contribution in [2.45, 2.75) is 64.1 Å². The average Bonchev–Trinajstić information content (AvgIpc) is 3.64. The van der Waals surface area contributed by atoms with Gasteiger partial charge in [0.2, 0.25) is 0 Å². The predicted molar refractivity (Wildman–Crippen MR) is 187 cm³/mol. The number of hydrogen-bond donors (Lipinski definition) is 3. The summed E-state index contributed by atoms with van der Waals surface area (Å²) in [7, 11) is -4.43. The highest BCUT2D eigenvalue weighted by molar-refractivity contribution is 7.85. The van der Waals surface area contributed by atoms with E-state index in [9.17, 15) is 41.0 Å². The van der Waals surface area contributed by atoms with Crippen LogP contribution in [0.3, 0.4) is 0 Å². The van der Waals surface area contributed by atoms with Gasteiger partial charge in [0.15, 0.2) is 0 Å². The first-order chi connectivity index (χ1) is 24.0. The highest BCUT2D eigenvalue weighted by atomic mass is 32.2. The first-order valence-electron chi connectivity index (χ1n) is 15.9. The molecule has 0 unspecified atom stereocenters. The number of nitriles is 1. The maximum atomic E-state index is 14.1. The van der Waals surface area contributed by atoms with E-state index in [1.807, 2.05) is 13.0 Å². The van der Waals surface area contributed by atoms with Crippen LogP contribution in [0.25, 0.3) is 22.8 Å². The van der Waals surface area contributed by atoms with Crippen LogP contribution in [0, 0.1) is 44.9 Å². The predicted octanol–water partition coefficient (Wildman–Crippen LogP) is 6.60. The molecule has 1 amide bonds. The minimum Gasteiger partial charge on any atom is -0.344 e. The van der Waals surface area contributed by atoms with E-state index in [1.165, 1.54) is 36.0 Å². The molecule has 272 valence electrons. The van der Waals surface area contributed by atoms with Crippen LogP contribution in [-0.2, 0) is 22.7 Å². The second-order valence-corrected chi connectivity index (χ2v) is 14.2. The minimum absolute atomic E-state index is 0. The van der Waals surface area contributed by atoms with Crippen molar-refractivity contribution in [1.29, 1.82) is 5.26 Å². The molecule has 5 N–H and O–H groups in total. The van der Waals surface area contributed by atoms with Crippen molar-refractivity contribution in [3.05, 3.63) is 116 Å². The molecule has 0 spiro atoms. The Labute approximate surface area is 297 Å². The van der Waals surface area contributed by atoms with Gasteiger partial charge in [-0.25, -0.2) is 18.8 Å². The van der Waals surface area contributed by atoms with Crippen LogP contribution in [0.4, 0.5) is 18.0 Å². The minimum atomic E-state index is -4.67. The van der Waals surface area contributed by atoms with Gasteiger partial charge < -0.3 is 11.5 Å². The summed E-state index contributed by atoms with van der Waals surface area (Å²) < 4.78 is 78.2. The van der Waals surface area contributed by atoms with E-state index < -0.39 is 33.6 Å². The van der Waals surface area contributed by atoms with Gasteiger partial charge in [0, 0.05) is 6.04 Å². The topological polar surface area (TPSA) is 187 Å². The first-order valence-corrected chi connectivity index (χ1v) is 17.4. The smallest absolute Gasteiger partial charge is 0.344 e. The van der Waals surface area contributed by atoms with E-state index in [0.29, 0.717) is 41.8 Å². The van der Waals surface area contributed by atoms with Gasteiger partial charge in [0.25, 0.3) is 10.1 Å². The summed E-state index contributed by atoms with van der Waals surface area (Å²) in [6.07, 6.45) is -1.68. The van der Waals surface area contributed by atoms with Gasteiger partial charge in [-0.05, 0) is 130 Å². The van der Waals surface area contributed by atoms with E-state index in [1.54, 1.807) is 44.2 Å². The number of nitrogens with one attached hydrogen (secondary N) is 1. The highest BCUT2D eigenvalue weighted by Gasteiger charge is 2.35. The SMILES string of the molecule is Cc1c(C[C@H]2C[C@H](NC(=O)n3c(-c4ccnn4-c4ccc(C#N)cc4)c(C)n(-c4cccc(C(F)(F)F)c4)c3=O)C2)cc(S(=O)(=O)O)c(C)c1C.N. The summed E-state index contributed by atoms with van der Waals surface area (Å²) in [5.41, 5.74) is 2.51. The number of alkyl halides is 3. The monoisotopic (exact) mass is 735 g/mol. The molecular formula is C36H36F3N7O5S. The van der Waals surface area contributed by atoms with Crippen molar-refractivity contribution >= 4 is 16.1 Å². The van der Waals surface area contributed by atoms with Gasteiger partial charge in [-0.3, -0.25) is 9.12 Å². The number of halogens is 3. The molecule has 0 atom stereocenters. The third-order valence-corrected chi connectivity index (χ3v) is 10.7. The van der Waals surface area contributed by atoms with Gasteiger partial charge >= 0.3 is 17.9 Å². The third-order valence-electron chi connectivity index (χ3n) is 9.68. The molecule has 1 aliphatic rings. The average molecular weight is 736 g/mol. The van der Waals surface area contributed by atoms with E-state index in [4.69, 9.17) is 0 Å². The Balaban J connectivity index is 0.00000523. The standard InChI is InChI=1S/C36H33F3N6O5S.H3N/c1-20-21(2)26(17-32(22(20)3)51(48,49)50)14-25-15-28(16-25)42-34(46)44-33(31-12-13-41-45(31)29-10-8-24(19-40)9-11-29)23(4)43(35(44)47)30-7-5-6-27(18-30)36(37,38)39;/h5-13,17-18,25,28H,14-16H2,1-4H3,(H,42,46)(H,48,49,50);1H3/t25-,28-;. The van der Waals surface area contributed by atoms with Crippen LogP contribution in [0.2, 0.25) is 0 Å². The molecule has 0 saturated heterocycles. The van der Waals surface area contributed by atoms with Gasteiger partial charge in [-0.2, -0.15) is 31.9 Å². The summed E-state index contributed by atoms with van der Waals surface area (Å²) in [5, 5.41) is 16.5. The lowest BCUT2D eigenvalue weighted by molar-refractivity contribution is -0.137. The van der Waals surface area contributed by atoms with Gasteiger partial charge in [-0.1, -0.05) is 6.07 Å². The van der Waals surface area contributed by atoms with Crippen molar-refractivity contribution in [2.75, 3.05) is 0 Å². The van der Waals surface area contributed by atoms with Crippen molar-refractivity contribution in [3.63, 3.8) is 0 Å². The number of nitrogens with zero attached hydrogens (tertiary/aromatic N) is 5. The Kier molecular flexibility index (Phi) is 10.1. The van der Waals surface area contributed by atoms with Crippen molar-refractivity contribution in [1.82, 2.24) is 30.4 Å². The van der Waals surface area contributed by atoms with Crippen LogP contribution in [0.15, 0.2) is 76.6 Å². The number of aromatic nitrogens is 4. The van der Waals surface area contributed by atoms with Crippen molar-refractivity contribution in [2.24, 2.45) is 5.92 Å². The number of hydrogen-bond acceptors (Lipinski definition) is 7. The number of carbonyl (C=O) groups is 1. The molecule has 6 rings (SSSR count). The summed E-state index contributed by atoms with van der Waals surface area (Å²) in [4.78, 5) is 27.9. The van der Waals surface area contributed by atoms with Gasteiger partial charge in [0.05, 0.1) is 51.1 Å². The van der Waals surface area contributed by atoms with E-state index in [-0.39, 0.29) is 40.1 Å². The van der Waals surface area contributed by atoms with Crippen LogP contribution in [0.5, 0.6) is 0 Å². The summed E-state index contributed by atoms with van der Waals surface area (Å²) >= 11 is 0. The molecule has 1 aliphatic carbocycles. The molecule has 2 heterocycles. The summed E-state index contributed by atoms with van der Waals surface area (Å²) in [5.74, 6) is 0.0656. The van der Waals surface area contributed by atoms with Crippen LogP contribution in [-0.4, -0.2) is 44.0 Å². The molecule has 16 heteroatoms. The van der Waals surface area contributed by atoms with Gasteiger partial charge in [-0.15, -0.1) is 0 Å². The fraction of sp³-hybridized carbons (Fsp3) is 0.278. The molecular weight excluding hydrogens is 700 g/mol. The molecule has 12 nitrogen and oxygen atoms in total. The Hall–Kier alpha value is -5.50. The lowest BCUT2D eigenvalue weighted by atomic mass is 9.75. The second kappa shape index (κ2) is 13.9. The molecule has 52 heavy (non-hydrogen) atoms. The van der Waals surface area contributed by atoms with E-state index in [0.717, 1.165) is 38.0 Å². The molecule has 1 fully saturated rings. The first kappa shape index (κ1) is 37.7. The normalized spacial score (nSPS) is 15.8. The highest BCUT2D eigenvalue weighted by Crippen LogP contribution is 2.35. The molecule has 0 aliphatic heterocycles. The Morgan fingerprint density at radius 1 is 1.00 bits per heavy atom. The van der Waals surface area contributed by atoms with Crippen LogP contribution >= 0.6 is 0 Å². The fourth-order valence-electron chi connectivity index (χ4n) is 6.72. The number of rotatable bonds is 7.